The molecule has 0 bridgehead atoms. The Bertz CT molecular complexity index is 1200. The highest BCUT2D eigenvalue weighted by atomic mass is 16.5. The van der Waals surface area contributed by atoms with Crippen molar-refractivity contribution in [3.63, 3.8) is 0 Å². The van der Waals surface area contributed by atoms with Crippen molar-refractivity contribution in [2.75, 3.05) is 0 Å². The van der Waals surface area contributed by atoms with Crippen molar-refractivity contribution in [2.45, 2.75) is 13.3 Å². The second-order valence-corrected chi connectivity index (χ2v) is 6.00. The molecule has 2 aromatic carbocycles. The van der Waals surface area contributed by atoms with Crippen LogP contribution in [0, 0.1) is 11.3 Å². The Hall–Kier alpha value is -3.85. The fourth-order valence-corrected chi connectivity index (χ4v) is 3.00. The third-order valence-electron chi connectivity index (χ3n) is 4.34. The average Bonchev–Trinajstić information content (AvgIpc) is 3.13. The predicted molar refractivity (Wildman–Crippen MR) is 102 cm³/mol. The van der Waals surface area contributed by atoms with Gasteiger partial charge in [0.1, 0.15) is 23.1 Å². The number of nitrogens with one attached hydrogen (secondary N) is 1. The van der Waals surface area contributed by atoms with E-state index < -0.39 is 0 Å². The third kappa shape index (κ3) is 2.96. The zero-order valence-corrected chi connectivity index (χ0v) is 14.6. The summed E-state index contributed by atoms with van der Waals surface area (Å²) in [6, 6.07) is 19.0. The van der Waals surface area contributed by atoms with E-state index in [1.807, 2.05) is 61.5 Å². The van der Waals surface area contributed by atoms with Gasteiger partial charge in [-0.15, -0.1) is 0 Å². The lowest BCUT2D eigenvalue weighted by Crippen LogP contribution is -2.21. The van der Waals surface area contributed by atoms with E-state index in [4.69, 9.17) is 4.74 Å². The van der Waals surface area contributed by atoms with Crippen molar-refractivity contribution in [1.82, 2.24) is 14.6 Å². The summed E-state index contributed by atoms with van der Waals surface area (Å²) in [6.07, 6.45) is 2.02. The van der Waals surface area contributed by atoms with E-state index in [1.54, 1.807) is 0 Å². The number of nitriles is 1. The number of aromatic nitrogens is 3. The minimum Gasteiger partial charge on any atom is -0.457 e. The first-order chi connectivity index (χ1) is 13.2. The van der Waals surface area contributed by atoms with E-state index in [2.05, 4.69) is 16.2 Å². The highest BCUT2D eigenvalue weighted by Gasteiger charge is 2.16. The standard InChI is InChI=1S/C21H16N4O2/c1-2-18-19(24-20-15(12-22)13-23-25(20)21(18)26)14-8-10-17(11-9-14)27-16-6-4-3-5-7-16/h3-11,13,23H,2H2,1H3. The van der Waals surface area contributed by atoms with Gasteiger partial charge in [-0.3, -0.25) is 9.89 Å². The molecule has 0 unspecified atom stereocenters. The van der Waals surface area contributed by atoms with Crippen LogP contribution in [0.5, 0.6) is 11.5 Å². The van der Waals surface area contributed by atoms with Gasteiger partial charge in [-0.25, -0.2) is 9.50 Å². The first-order valence-electron chi connectivity index (χ1n) is 8.57. The van der Waals surface area contributed by atoms with Crippen molar-refractivity contribution < 1.29 is 4.74 Å². The molecule has 0 aliphatic heterocycles. The van der Waals surface area contributed by atoms with E-state index in [1.165, 1.54) is 10.7 Å². The number of fused-ring (bicyclic) bond motifs is 1. The maximum atomic E-state index is 12.7. The summed E-state index contributed by atoms with van der Waals surface area (Å²) in [6.45, 7) is 1.91. The maximum absolute atomic E-state index is 12.7. The van der Waals surface area contributed by atoms with Gasteiger partial charge in [-0.2, -0.15) is 5.26 Å². The zero-order valence-electron chi connectivity index (χ0n) is 14.6. The molecule has 6 nitrogen and oxygen atoms in total. The Kier molecular flexibility index (Phi) is 4.19. The molecule has 0 amide bonds. The molecule has 2 heterocycles. The van der Waals surface area contributed by atoms with Gasteiger partial charge in [-0.05, 0) is 42.8 Å². The summed E-state index contributed by atoms with van der Waals surface area (Å²) in [4.78, 5) is 17.3. The fourth-order valence-electron chi connectivity index (χ4n) is 3.00. The number of nitrogens with zero attached hydrogens (tertiary/aromatic N) is 3. The molecule has 0 radical (unpaired) electrons. The van der Waals surface area contributed by atoms with Crippen LogP contribution in [0.4, 0.5) is 0 Å². The van der Waals surface area contributed by atoms with Gasteiger partial charge in [0.2, 0.25) is 0 Å². The van der Waals surface area contributed by atoms with Crippen LogP contribution in [0.25, 0.3) is 16.9 Å². The van der Waals surface area contributed by atoms with Gasteiger partial charge in [0.15, 0.2) is 5.65 Å². The Balaban J connectivity index is 1.77. The summed E-state index contributed by atoms with van der Waals surface area (Å²) in [5.41, 5.74) is 2.46. The predicted octanol–water partition coefficient (Wildman–Crippen LogP) is 3.92. The second-order valence-electron chi connectivity index (χ2n) is 6.00. The van der Waals surface area contributed by atoms with Gasteiger partial charge in [0.05, 0.1) is 5.69 Å². The number of aromatic amines is 1. The lowest BCUT2D eigenvalue weighted by atomic mass is 10.0. The van der Waals surface area contributed by atoms with Crippen LogP contribution in [-0.4, -0.2) is 14.6 Å². The molecule has 132 valence electrons. The molecular weight excluding hydrogens is 340 g/mol. The Labute approximate surface area is 155 Å². The van der Waals surface area contributed by atoms with Crippen molar-refractivity contribution in [2.24, 2.45) is 0 Å². The second kappa shape index (κ2) is 6.81. The van der Waals surface area contributed by atoms with Crippen LogP contribution in [0.2, 0.25) is 0 Å². The fraction of sp³-hybridized carbons (Fsp3) is 0.0952. The van der Waals surface area contributed by atoms with E-state index in [0.717, 1.165) is 11.3 Å². The first-order valence-corrected chi connectivity index (χ1v) is 8.57. The topological polar surface area (TPSA) is 83.2 Å². The van der Waals surface area contributed by atoms with E-state index in [-0.39, 0.29) is 5.56 Å². The van der Waals surface area contributed by atoms with Crippen LogP contribution in [0.3, 0.4) is 0 Å². The smallest absolute Gasteiger partial charge is 0.276 e. The molecule has 2 aromatic heterocycles. The molecule has 1 N–H and O–H groups in total. The molecule has 0 atom stereocenters. The SMILES string of the molecule is CCc1c(-c2ccc(Oc3ccccc3)cc2)nc2c(C#N)c[nH]n2c1=O. The van der Waals surface area contributed by atoms with Gasteiger partial charge in [0.25, 0.3) is 5.56 Å². The molecule has 0 spiro atoms. The minimum atomic E-state index is -0.191. The van der Waals surface area contributed by atoms with E-state index in [9.17, 15) is 10.1 Å². The van der Waals surface area contributed by atoms with Gasteiger partial charge >= 0.3 is 0 Å². The van der Waals surface area contributed by atoms with Gasteiger partial charge in [0, 0.05) is 17.3 Å². The van der Waals surface area contributed by atoms with E-state index in [0.29, 0.717) is 34.6 Å². The Morgan fingerprint density at radius 2 is 1.81 bits per heavy atom. The van der Waals surface area contributed by atoms with Crippen molar-refractivity contribution in [1.29, 1.82) is 5.26 Å². The molecular formula is C21H16N4O2. The summed E-state index contributed by atoms with van der Waals surface area (Å²) in [5, 5.41) is 12.0. The number of hydrogen-bond acceptors (Lipinski definition) is 4. The molecule has 6 heteroatoms. The quantitative estimate of drug-likeness (QED) is 0.601. The Morgan fingerprint density at radius 1 is 1.11 bits per heavy atom. The van der Waals surface area contributed by atoms with Crippen LogP contribution in [0.1, 0.15) is 18.1 Å². The lowest BCUT2D eigenvalue weighted by molar-refractivity contribution is 0.483. The molecule has 0 aliphatic rings. The molecule has 0 saturated heterocycles. The molecule has 4 aromatic rings. The summed E-state index contributed by atoms with van der Waals surface area (Å²) >= 11 is 0. The number of para-hydroxylation sites is 1. The summed E-state index contributed by atoms with van der Waals surface area (Å²) in [7, 11) is 0. The third-order valence-corrected chi connectivity index (χ3v) is 4.34. The summed E-state index contributed by atoms with van der Waals surface area (Å²) in [5.74, 6) is 1.45. The Morgan fingerprint density at radius 3 is 2.48 bits per heavy atom. The number of benzene rings is 2. The molecule has 0 fully saturated rings. The maximum Gasteiger partial charge on any atom is 0.276 e. The first kappa shape index (κ1) is 16.6. The number of H-pyrrole nitrogens is 1. The van der Waals surface area contributed by atoms with Crippen molar-refractivity contribution in [3.05, 3.63) is 82.3 Å². The number of hydrogen-bond donors (Lipinski definition) is 1. The van der Waals surface area contributed by atoms with Crippen LogP contribution >= 0.6 is 0 Å². The molecule has 0 aliphatic carbocycles. The molecule has 4 rings (SSSR count). The van der Waals surface area contributed by atoms with Crippen molar-refractivity contribution in [3.8, 4) is 28.8 Å². The van der Waals surface area contributed by atoms with Crippen LogP contribution in [0.15, 0.2) is 65.6 Å². The molecule has 27 heavy (non-hydrogen) atoms. The highest BCUT2D eigenvalue weighted by Crippen LogP contribution is 2.26. The minimum absolute atomic E-state index is 0.191. The monoisotopic (exact) mass is 356 g/mol. The number of ether oxygens (including phenoxy) is 1. The average molecular weight is 356 g/mol. The largest absolute Gasteiger partial charge is 0.457 e. The van der Waals surface area contributed by atoms with Crippen LogP contribution < -0.4 is 10.3 Å². The lowest BCUT2D eigenvalue weighted by Gasteiger charge is -2.09. The molecule has 0 saturated carbocycles. The number of rotatable bonds is 4. The van der Waals surface area contributed by atoms with Crippen molar-refractivity contribution >= 4 is 5.65 Å². The van der Waals surface area contributed by atoms with Gasteiger partial charge in [-0.1, -0.05) is 25.1 Å². The normalized spacial score (nSPS) is 10.7. The summed E-state index contributed by atoms with van der Waals surface area (Å²) < 4.78 is 7.12. The zero-order chi connectivity index (χ0) is 18.8. The van der Waals surface area contributed by atoms with E-state index >= 15 is 0 Å². The van der Waals surface area contributed by atoms with Crippen LogP contribution in [-0.2, 0) is 6.42 Å². The highest BCUT2D eigenvalue weighted by molar-refractivity contribution is 5.68. The van der Waals surface area contributed by atoms with Gasteiger partial charge < -0.3 is 4.74 Å².